The quantitative estimate of drug-likeness (QED) is 0.0264. The third kappa shape index (κ3) is 44.5. The third-order valence-electron chi connectivity index (χ3n) is 10.6. The van der Waals surface area contributed by atoms with Gasteiger partial charge in [0.1, 0.15) is 13.2 Å². The lowest BCUT2D eigenvalue weighted by Crippen LogP contribution is -2.30. The largest absolute Gasteiger partial charge is 0.462 e. The van der Waals surface area contributed by atoms with E-state index < -0.39 is 6.10 Å². The molecule has 1 atom stereocenters. The van der Waals surface area contributed by atoms with Gasteiger partial charge in [0, 0.05) is 19.3 Å². The van der Waals surface area contributed by atoms with E-state index in [0.717, 1.165) is 103 Å². The van der Waals surface area contributed by atoms with Crippen LogP contribution in [0.5, 0.6) is 0 Å². The van der Waals surface area contributed by atoms with Crippen molar-refractivity contribution in [2.45, 2.75) is 252 Å². The Bertz CT molecular complexity index is 1030. The maximum absolute atomic E-state index is 12.8. The monoisotopic (exact) mass is 813 g/mol. The lowest BCUT2D eigenvalue weighted by atomic mass is 10.0. The smallest absolute Gasteiger partial charge is 0.306 e. The highest BCUT2D eigenvalue weighted by Gasteiger charge is 2.19. The Labute approximate surface area is 358 Å². The standard InChI is InChI=1S/C52H92O6/c1-4-7-10-13-16-19-22-24-26-27-29-30-33-36-39-42-45-51(54)57-48-49(47-56-50(53)44-41-38-35-32-21-18-15-12-9-6-3)58-52(55)46-43-40-37-34-31-28-25-23-20-17-14-11-8-5-2/h7,10,15-16,18-19,24,26,49H,4-6,8-9,11-14,17,20-23,25,27-48H2,1-3H3/b10-7-,18-15-,19-16-,26-24-. The van der Waals surface area contributed by atoms with E-state index in [9.17, 15) is 14.4 Å². The van der Waals surface area contributed by atoms with E-state index in [-0.39, 0.29) is 31.1 Å². The molecule has 0 saturated heterocycles. The Hall–Kier alpha value is -2.63. The van der Waals surface area contributed by atoms with Gasteiger partial charge in [-0.05, 0) is 70.6 Å². The molecule has 6 heteroatoms. The number of carbonyl (C=O) groups excluding carboxylic acids is 3. The van der Waals surface area contributed by atoms with Gasteiger partial charge in [-0.1, -0.05) is 204 Å². The summed E-state index contributed by atoms with van der Waals surface area (Å²) in [6.07, 6.45) is 55.2. The van der Waals surface area contributed by atoms with Crippen LogP contribution in [0.1, 0.15) is 245 Å². The molecule has 0 aromatic rings. The summed E-state index contributed by atoms with van der Waals surface area (Å²) in [7, 11) is 0. The van der Waals surface area contributed by atoms with Crippen LogP contribution in [-0.4, -0.2) is 37.2 Å². The minimum Gasteiger partial charge on any atom is -0.462 e. The topological polar surface area (TPSA) is 78.9 Å². The van der Waals surface area contributed by atoms with Crippen LogP contribution in [0, 0.1) is 0 Å². The van der Waals surface area contributed by atoms with Gasteiger partial charge in [0.25, 0.3) is 0 Å². The zero-order valence-electron chi connectivity index (χ0n) is 38.3. The normalized spacial score (nSPS) is 12.4. The molecule has 6 nitrogen and oxygen atoms in total. The highest BCUT2D eigenvalue weighted by molar-refractivity contribution is 5.71. The molecule has 0 aromatic carbocycles. The molecule has 0 N–H and O–H groups in total. The van der Waals surface area contributed by atoms with E-state index in [1.165, 1.54) is 103 Å². The maximum Gasteiger partial charge on any atom is 0.306 e. The van der Waals surface area contributed by atoms with Gasteiger partial charge >= 0.3 is 17.9 Å². The predicted octanol–water partition coefficient (Wildman–Crippen LogP) is 15.9. The fourth-order valence-electron chi connectivity index (χ4n) is 6.85. The van der Waals surface area contributed by atoms with E-state index in [1.54, 1.807) is 0 Å². The lowest BCUT2D eigenvalue weighted by molar-refractivity contribution is -0.167. The molecule has 0 rings (SSSR count). The molecule has 0 spiro atoms. The minimum absolute atomic E-state index is 0.0817. The van der Waals surface area contributed by atoms with Crippen molar-refractivity contribution >= 4 is 17.9 Å². The van der Waals surface area contributed by atoms with Gasteiger partial charge in [0.15, 0.2) is 6.10 Å². The van der Waals surface area contributed by atoms with Gasteiger partial charge in [-0.25, -0.2) is 0 Å². The number of hydrogen-bond acceptors (Lipinski definition) is 6. The highest BCUT2D eigenvalue weighted by atomic mass is 16.6. The van der Waals surface area contributed by atoms with Crippen molar-refractivity contribution in [3.05, 3.63) is 48.6 Å². The summed E-state index contributed by atoms with van der Waals surface area (Å²) in [5.41, 5.74) is 0. The van der Waals surface area contributed by atoms with Crippen molar-refractivity contribution in [2.24, 2.45) is 0 Å². The molecule has 0 aliphatic heterocycles. The Kier molecular flexibility index (Phi) is 44.9. The van der Waals surface area contributed by atoms with Crippen LogP contribution in [0.15, 0.2) is 48.6 Å². The number of unbranched alkanes of at least 4 members (excludes halogenated alkanes) is 25. The van der Waals surface area contributed by atoms with Crippen LogP contribution < -0.4 is 0 Å². The van der Waals surface area contributed by atoms with E-state index >= 15 is 0 Å². The van der Waals surface area contributed by atoms with Gasteiger partial charge in [0.05, 0.1) is 0 Å². The van der Waals surface area contributed by atoms with E-state index in [2.05, 4.69) is 69.4 Å². The average molecular weight is 813 g/mol. The summed E-state index contributed by atoms with van der Waals surface area (Å²) in [6.45, 7) is 6.47. The van der Waals surface area contributed by atoms with E-state index in [4.69, 9.17) is 14.2 Å². The lowest BCUT2D eigenvalue weighted by Gasteiger charge is -2.18. The number of esters is 3. The fraction of sp³-hybridized carbons (Fsp3) is 0.788. The highest BCUT2D eigenvalue weighted by Crippen LogP contribution is 2.15. The molecular formula is C52H92O6. The van der Waals surface area contributed by atoms with Gasteiger partial charge in [-0.3, -0.25) is 14.4 Å². The van der Waals surface area contributed by atoms with Crippen molar-refractivity contribution in [1.82, 2.24) is 0 Å². The van der Waals surface area contributed by atoms with Crippen LogP contribution in [0.3, 0.4) is 0 Å². The fourth-order valence-corrected chi connectivity index (χ4v) is 6.85. The Morgan fingerprint density at radius 2 is 0.690 bits per heavy atom. The number of allylic oxidation sites excluding steroid dienone is 8. The minimum atomic E-state index is -0.778. The second-order valence-corrected chi connectivity index (χ2v) is 16.3. The summed E-state index contributed by atoms with van der Waals surface area (Å²) in [5, 5.41) is 0. The first kappa shape index (κ1) is 55.4. The Morgan fingerprint density at radius 1 is 0.362 bits per heavy atom. The van der Waals surface area contributed by atoms with Gasteiger partial charge in [0.2, 0.25) is 0 Å². The number of hydrogen-bond donors (Lipinski definition) is 0. The zero-order chi connectivity index (χ0) is 42.3. The molecule has 1 unspecified atom stereocenters. The molecule has 0 aliphatic carbocycles. The van der Waals surface area contributed by atoms with Crippen LogP contribution in [0.25, 0.3) is 0 Å². The van der Waals surface area contributed by atoms with Crippen LogP contribution in [0.4, 0.5) is 0 Å². The number of carbonyl (C=O) groups is 3. The summed E-state index contributed by atoms with van der Waals surface area (Å²) < 4.78 is 16.7. The Balaban J connectivity index is 4.36. The van der Waals surface area contributed by atoms with Gasteiger partial charge in [-0.15, -0.1) is 0 Å². The van der Waals surface area contributed by atoms with E-state index in [0.29, 0.717) is 19.3 Å². The average Bonchev–Trinajstić information content (AvgIpc) is 3.22. The molecule has 0 fully saturated rings. The molecule has 58 heavy (non-hydrogen) atoms. The number of ether oxygens (including phenoxy) is 3. The summed E-state index contributed by atoms with van der Waals surface area (Å²) in [6, 6.07) is 0. The summed E-state index contributed by atoms with van der Waals surface area (Å²) in [5.74, 6) is -0.902. The van der Waals surface area contributed by atoms with Crippen molar-refractivity contribution in [3.63, 3.8) is 0 Å². The Morgan fingerprint density at radius 3 is 1.12 bits per heavy atom. The molecule has 0 aliphatic rings. The van der Waals surface area contributed by atoms with Gasteiger partial charge < -0.3 is 14.2 Å². The van der Waals surface area contributed by atoms with Crippen molar-refractivity contribution in [1.29, 1.82) is 0 Å². The second kappa shape index (κ2) is 47.1. The molecule has 0 amide bonds. The van der Waals surface area contributed by atoms with Crippen LogP contribution in [-0.2, 0) is 28.6 Å². The third-order valence-corrected chi connectivity index (χ3v) is 10.6. The van der Waals surface area contributed by atoms with Crippen molar-refractivity contribution in [2.75, 3.05) is 13.2 Å². The first-order valence-electron chi connectivity index (χ1n) is 24.6. The molecule has 0 heterocycles. The first-order chi connectivity index (χ1) is 28.5. The number of rotatable bonds is 44. The summed E-state index contributed by atoms with van der Waals surface area (Å²) in [4.78, 5) is 37.8. The van der Waals surface area contributed by atoms with Crippen molar-refractivity contribution in [3.8, 4) is 0 Å². The first-order valence-corrected chi connectivity index (χ1v) is 24.6. The van der Waals surface area contributed by atoms with Crippen molar-refractivity contribution < 1.29 is 28.6 Å². The predicted molar refractivity (Wildman–Crippen MR) is 247 cm³/mol. The zero-order valence-corrected chi connectivity index (χ0v) is 38.3. The van der Waals surface area contributed by atoms with Gasteiger partial charge in [-0.2, -0.15) is 0 Å². The summed E-state index contributed by atoms with van der Waals surface area (Å²) >= 11 is 0. The molecule has 0 radical (unpaired) electrons. The second-order valence-electron chi connectivity index (χ2n) is 16.3. The molecule has 0 saturated carbocycles. The SMILES string of the molecule is CC/C=C\C/C=C\C/C=C\CCCCCCCCC(=O)OCC(COC(=O)CCCCCC/C=C\CCCC)OC(=O)CCCCCCCCCCCCCCCC. The van der Waals surface area contributed by atoms with E-state index in [1.807, 2.05) is 0 Å². The molecular weight excluding hydrogens is 721 g/mol. The van der Waals surface area contributed by atoms with Crippen LogP contribution >= 0.6 is 0 Å². The molecule has 0 aromatic heterocycles. The molecule has 336 valence electrons. The van der Waals surface area contributed by atoms with Crippen LogP contribution in [0.2, 0.25) is 0 Å². The molecule has 0 bridgehead atoms. The maximum atomic E-state index is 12.8.